The van der Waals surface area contributed by atoms with Crippen molar-refractivity contribution in [3.8, 4) is 0 Å². The summed E-state index contributed by atoms with van der Waals surface area (Å²) in [5, 5.41) is 0. The number of anilines is 2. The molecule has 4 aromatic rings. The van der Waals surface area contributed by atoms with E-state index in [1.54, 1.807) is 43.0 Å². The first-order chi connectivity index (χ1) is 22.7. The van der Waals surface area contributed by atoms with Crippen molar-refractivity contribution in [3.63, 3.8) is 0 Å². The summed E-state index contributed by atoms with van der Waals surface area (Å²) in [6.45, 7) is 0.840. The van der Waals surface area contributed by atoms with E-state index >= 15 is 0 Å². The smallest absolute Gasteiger partial charge is 0.744 e. The van der Waals surface area contributed by atoms with E-state index in [0.717, 1.165) is 28.1 Å². The second kappa shape index (κ2) is 15.8. The van der Waals surface area contributed by atoms with Gasteiger partial charge in [0.1, 0.15) is 29.9 Å². The van der Waals surface area contributed by atoms with E-state index in [1.165, 1.54) is 12.1 Å². The van der Waals surface area contributed by atoms with Crippen LogP contribution in [-0.4, -0.2) is 64.4 Å². The van der Waals surface area contributed by atoms with Gasteiger partial charge in [0, 0.05) is 38.6 Å². The van der Waals surface area contributed by atoms with E-state index in [2.05, 4.69) is 11.0 Å². The molecule has 12 heteroatoms. The van der Waals surface area contributed by atoms with Gasteiger partial charge in [-0.05, 0) is 47.5 Å². The molecule has 9 nitrogen and oxygen atoms in total. The van der Waals surface area contributed by atoms with Gasteiger partial charge in [-0.25, -0.2) is 8.42 Å². The molecule has 0 aliphatic heterocycles. The third-order valence-corrected chi connectivity index (χ3v) is 9.53. The molecule has 0 atom stereocenters. The normalized spacial score (nSPS) is 14.1. The molecule has 1 N–H and O–H groups in total. The maximum atomic E-state index is 12.4. The molecule has 0 fully saturated rings. The van der Waals surface area contributed by atoms with Crippen LogP contribution in [0.4, 0.5) is 11.4 Å². The molecule has 1 aliphatic carbocycles. The maximum absolute atomic E-state index is 12.4. The van der Waals surface area contributed by atoms with Crippen LogP contribution in [0, 0.1) is 6.08 Å². The fraction of sp³-hybridized carbons (Fsp3) is 0.162. The topological polar surface area (TPSA) is 121 Å². The van der Waals surface area contributed by atoms with Crippen molar-refractivity contribution < 1.29 is 60.1 Å². The van der Waals surface area contributed by atoms with Gasteiger partial charge in [-0.3, -0.25) is 9.13 Å². The minimum atomic E-state index is -4.61. The molecule has 0 aromatic heterocycles. The Morgan fingerprint density at radius 3 is 1.84 bits per heavy atom. The van der Waals surface area contributed by atoms with Crippen LogP contribution in [0.25, 0.3) is 5.57 Å². The zero-order valence-electron chi connectivity index (χ0n) is 28.0. The summed E-state index contributed by atoms with van der Waals surface area (Å²) in [5.41, 5.74) is 6.63. The van der Waals surface area contributed by atoms with E-state index < -0.39 is 20.2 Å². The number of rotatable bonds is 10. The van der Waals surface area contributed by atoms with Crippen molar-refractivity contribution in [1.82, 2.24) is 0 Å². The molecule has 4 aromatic carbocycles. The molecule has 0 bridgehead atoms. The minimum Gasteiger partial charge on any atom is -0.744 e. The van der Waals surface area contributed by atoms with Crippen LogP contribution < -0.4 is 39.4 Å². The Bertz CT molecular complexity index is 2160. The minimum absolute atomic E-state index is 0. The molecule has 0 unspecified atom stereocenters. The Labute approximate surface area is 311 Å². The molecular formula is C37H36N3NaO6S2. The van der Waals surface area contributed by atoms with Crippen LogP contribution >= 0.6 is 0 Å². The van der Waals surface area contributed by atoms with Gasteiger partial charge in [-0.15, -0.1) is 17.7 Å². The first-order valence-electron chi connectivity index (χ1n) is 15.0. The summed E-state index contributed by atoms with van der Waals surface area (Å²) in [6.07, 6.45) is 6.41. The molecular weight excluding hydrogens is 670 g/mol. The van der Waals surface area contributed by atoms with Crippen LogP contribution in [0.3, 0.4) is 0 Å². The van der Waals surface area contributed by atoms with Gasteiger partial charge < -0.3 is 14.4 Å². The average molecular weight is 706 g/mol. The third kappa shape index (κ3) is 9.46. The SMILES string of the molecule is CN(C)c1ccc(/C(=C2\[C-]=C(S(=O)(=O)O)C(=[N+](C)C)C=C2)c2ccc(N(Cc3ccccc3)Cc3cccc(S(=O)(=O)[O-])c3)cc2)cc1.[Na+]. The van der Waals surface area contributed by atoms with Crippen molar-refractivity contribution in [2.24, 2.45) is 0 Å². The number of hydrogen-bond acceptors (Lipinski definition) is 7. The standard InChI is InChI=1S/C37H37N3O6S2.Na/c1-38(2)32-18-13-29(14-19-32)37(31-17-22-35(39(3)4)36(24-31)48(44,45)46)30-15-20-33(21-16-30)40(25-27-9-6-5-7-10-27)26-28-11-8-12-34(23-28)47(41,42)43;/h5-23H,25-26H2,1-4H3,(H,41,42,43)(H,44,45,46);/q;+1/p-1. The molecule has 0 amide bonds. The molecule has 0 spiro atoms. The van der Waals surface area contributed by atoms with E-state index in [0.29, 0.717) is 35.5 Å². The second-order valence-electron chi connectivity index (χ2n) is 11.8. The maximum Gasteiger partial charge on any atom is 1.00 e. The van der Waals surface area contributed by atoms with Gasteiger partial charge >= 0.3 is 29.6 Å². The van der Waals surface area contributed by atoms with Gasteiger partial charge in [-0.1, -0.05) is 89.5 Å². The summed E-state index contributed by atoms with van der Waals surface area (Å²) in [7, 11) is -1.92. The van der Waals surface area contributed by atoms with Crippen LogP contribution in [0.2, 0.25) is 0 Å². The predicted molar refractivity (Wildman–Crippen MR) is 189 cm³/mol. The van der Waals surface area contributed by atoms with Crippen LogP contribution in [0.15, 0.2) is 131 Å². The summed E-state index contributed by atoms with van der Waals surface area (Å²) in [4.78, 5) is 3.46. The Balaban J connectivity index is 0.00000541. The molecule has 49 heavy (non-hydrogen) atoms. The Morgan fingerprint density at radius 1 is 0.755 bits per heavy atom. The molecule has 248 valence electrons. The predicted octanol–water partition coefficient (Wildman–Crippen LogP) is 2.53. The molecule has 0 saturated heterocycles. The van der Waals surface area contributed by atoms with Crippen LogP contribution in [0.1, 0.15) is 22.3 Å². The van der Waals surface area contributed by atoms with E-state index in [4.69, 9.17) is 0 Å². The van der Waals surface area contributed by atoms with Crippen molar-refractivity contribution in [1.29, 1.82) is 0 Å². The fourth-order valence-corrected chi connectivity index (χ4v) is 6.76. The van der Waals surface area contributed by atoms with Gasteiger partial charge in [0.05, 0.1) is 9.80 Å². The summed E-state index contributed by atoms with van der Waals surface area (Å²) in [5.74, 6) is 0. The van der Waals surface area contributed by atoms with Crippen molar-refractivity contribution >= 4 is 42.9 Å². The Morgan fingerprint density at radius 2 is 1.31 bits per heavy atom. The summed E-state index contributed by atoms with van der Waals surface area (Å²) in [6, 6.07) is 31.5. The first-order valence-corrected chi connectivity index (χ1v) is 17.9. The molecule has 0 radical (unpaired) electrons. The zero-order chi connectivity index (χ0) is 34.6. The van der Waals surface area contributed by atoms with Gasteiger partial charge in [-0.2, -0.15) is 8.42 Å². The Kier molecular flexibility index (Phi) is 12.3. The second-order valence-corrected chi connectivity index (χ2v) is 14.5. The number of nitrogens with zero attached hydrogens (tertiary/aromatic N) is 3. The van der Waals surface area contributed by atoms with E-state index in [1.807, 2.05) is 97.9 Å². The van der Waals surface area contributed by atoms with Gasteiger partial charge in [0.15, 0.2) is 0 Å². The summed E-state index contributed by atoms with van der Waals surface area (Å²) < 4.78 is 71.8. The number of hydrogen-bond donors (Lipinski definition) is 1. The quantitative estimate of drug-likeness (QED) is 0.116. The van der Waals surface area contributed by atoms with Crippen LogP contribution in [0.5, 0.6) is 0 Å². The monoisotopic (exact) mass is 705 g/mol. The molecule has 5 rings (SSSR count). The largest absolute Gasteiger partial charge is 1.00 e. The van der Waals surface area contributed by atoms with Crippen molar-refractivity contribution in [3.05, 3.63) is 154 Å². The van der Waals surface area contributed by atoms with Crippen LogP contribution in [-0.2, 0) is 33.3 Å². The molecule has 0 saturated carbocycles. The Hall–Kier alpha value is -3.81. The molecule has 1 aliphatic rings. The zero-order valence-corrected chi connectivity index (χ0v) is 31.7. The number of benzene rings is 4. The third-order valence-electron chi connectivity index (χ3n) is 7.87. The summed E-state index contributed by atoms with van der Waals surface area (Å²) >= 11 is 0. The molecule has 0 heterocycles. The van der Waals surface area contributed by atoms with Gasteiger partial charge in [0.25, 0.3) is 10.1 Å². The van der Waals surface area contributed by atoms with Gasteiger partial charge in [0.2, 0.25) is 0 Å². The van der Waals surface area contributed by atoms with Crippen molar-refractivity contribution in [2.75, 3.05) is 38.0 Å². The van der Waals surface area contributed by atoms with E-state index in [9.17, 15) is 25.9 Å². The van der Waals surface area contributed by atoms with E-state index in [-0.39, 0.29) is 39.4 Å². The van der Waals surface area contributed by atoms with Crippen molar-refractivity contribution in [2.45, 2.75) is 18.0 Å². The number of allylic oxidation sites excluding steroid dienone is 5. The average Bonchev–Trinajstić information content (AvgIpc) is 3.05. The first kappa shape index (κ1) is 38.0. The fourth-order valence-electron chi connectivity index (χ4n) is 5.47.